The molecular weight excluding hydrogens is 390 g/mol. The van der Waals surface area contributed by atoms with Crippen LogP contribution in [-0.4, -0.2) is 18.8 Å². The van der Waals surface area contributed by atoms with Crippen molar-refractivity contribution in [3.05, 3.63) is 89.0 Å². The number of halogens is 1. The zero-order valence-corrected chi connectivity index (χ0v) is 18.5. The van der Waals surface area contributed by atoms with Crippen LogP contribution >= 0.6 is 11.6 Å². The summed E-state index contributed by atoms with van der Waals surface area (Å²) in [7, 11) is 2.11. The molecule has 0 unspecified atom stereocenters. The summed E-state index contributed by atoms with van der Waals surface area (Å²) in [6.45, 7) is 6.57. The molecule has 0 spiro atoms. The van der Waals surface area contributed by atoms with E-state index in [2.05, 4.69) is 55.2 Å². The Labute approximate surface area is 183 Å². The molecule has 0 saturated carbocycles. The molecule has 0 aromatic heterocycles. The van der Waals surface area contributed by atoms with Gasteiger partial charge in [-0.3, -0.25) is 4.99 Å². The van der Waals surface area contributed by atoms with Gasteiger partial charge < -0.3 is 10.2 Å². The number of anilines is 3. The monoisotopic (exact) mass is 415 g/mol. The minimum atomic E-state index is -0.0362. The molecule has 3 nitrogen and oxygen atoms in total. The van der Waals surface area contributed by atoms with E-state index in [0.717, 1.165) is 28.3 Å². The quantitative estimate of drug-likeness (QED) is 0.447. The van der Waals surface area contributed by atoms with Crippen LogP contribution in [0.2, 0.25) is 5.02 Å². The van der Waals surface area contributed by atoms with Gasteiger partial charge in [0.2, 0.25) is 0 Å². The molecule has 152 valence electrons. The number of nitrogens with one attached hydrogen (secondary N) is 1. The Balaban J connectivity index is 1.55. The summed E-state index contributed by atoms with van der Waals surface area (Å²) in [5.74, 6) is 0. The second kappa shape index (κ2) is 8.00. The molecule has 1 aliphatic rings. The van der Waals surface area contributed by atoms with Gasteiger partial charge in [0.25, 0.3) is 0 Å². The fourth-order valence-electron chi connectivity index (χ4n) is 3.75. The summed E-state index contributed by atoms with van der Waals surface area (Å²) in [6.07, 6.45) is 4.14. The zero-order valence-electron chi connectivity index (χ0n) is 17.8. The van der Waals surface area contributed by atoms with Gasteiger partial charge in [0, 0.05) is 41.5 Å². The maximum Gasteiger partial charge on any atom is 0.0631 e. The summed E-state index contributed by atoms with van der Waals surface area (Å²) in [4.78, 5) is 6.90. The Bertz CT molecular complexity index is 1110. The van der Waals surface area contributed by atoms with Gasteiger partial charge in [-0.2, -0.15) is 0 Å². The molecule has 0 atom stereocenters. The van der Waals surface area contributed by atoms with Gasteiger partial charge in [-0.05, 0) is 74.9 Å². The van der Waals surface area contributed by atoms with E-state index in [1.807, 2.05) is 66.9 Å². The number of allylic oxidation sites excluding steroid dienone is 1. The minimum Gasteiger partial charge on any atom is -0.365 e. The molecule has 1 aliphatic heterocycles. The lowest BCUT2D eigenvalue weighted by Crippen LogP contribution is -2.42. The first kappa shape index (κ1) is 20.2. The molecule has 1 N–H and O–H groups in total. The van der Waals surface area contributed by atoms with Crippen LogP contribution in [0.3, 0.4) is 0 Å². The Hall–Kier alpha value is -3.04. The van der Waals surface area contributed by atoms with Crippen LogP contribution in [0.25, 0.3) is 5.57 Å². The number of fused-ring (bicyclic) bond motifs is 1. The van der Waals surface area contributed by atoms with E-state index >= 15 is 0 Å². The molecule has 0 saturated heterocycles. The van der Waals surface area contributed by atoms with Crippen LogP contribution < -0.4 is 10.2 Å². The van der Waals surface area contributed by atoms with Crippen molar-refractivity contribution in [3.8, 4) is 0 Å². The van der Waals surface area contributed by atoms with Crippen molar-refractivity contribution in [1.82, 2.24) is 0 Å². The number of benzene rings is 3. The SMILES string of the molecule is CC1=CC(C)(C)N(C)c2cc(Cl)c(C=Nc3ccc(Nc4ccccc4)cc3)cc21. The van der Waals surface area contributed by atoms with Gasteiger partial charge in [0.05, 0.1) is 16.2 Å². The first-order valence-electron chi connectivity index (χ1n) is 10.1. The summed E-state index contributed by atoms with van der Waals surface area (Å²) >= 11 is 6.60. The molecule has 3 aromatic carbocycles. The summed E-state index contributed by atoms with van der Waals surface area (Å²) in [5, 5.41) is 4.09. The molecule has 0 bridgehead atoms. The van der Waals surface area contributed by atoms with Crippen LogP contribution in [0.5, 0.6) is 0 Å². The number of hydrogen-bond donors (Lipinski definition) is 1. The Kier molecular flexibility index (Phi) is 5.40. The van der Waals surface area contributed by atoms with E-state index in [0.29, 0.717) is 5.02 Å². The van der Waals surface area contributed by atoms with E-state index in [1.54, 1.807) is 0 Å². The number of para-hydroxylation sites is 1. The minimum absolute atomic E-state index is 0.0362. The second-order valence-electron chi connectivity index (χ2n) is 8.23. The van der Waals surface area contributed by atoms with Gasteiger partial charge in [0.15, 0.2) is 0 Å². The molecule has 0 radical (unpaired) electrons. The first-order chi connectivity index (χ1) is 14.3. The maximum atomic E-state index is 6.60. The van der Waals surface area contributed by atoms with Crippen molar-refractivity contribution >= 4 is 46.1 Å². The smallest absolute Gasteiger partial charge is 0.0631 e. The van der Waals surface area contributed by atoms with Crippen LogP contribution in [0, 0.1) is 0 Å². The molecule has 0 fully saturated rings. The van der Waals surface area contributed by atoms with Gasteiger partial charge >= 0.3 is 0 Å². The lowest BCUT2D eigenvalue weighted by atomic mass is 9.88. The van der Waals surface area contributed by atoms with Crippen LogP contribution in [-0.2, 0) is 0 Å². The molecule has 1 heterocycles. The van der Waals surface area contributed by atoms with Gasteiger partial charge in [-0.1, -0.05) is 35.9 Å². The first-order valence-corrected chi connectivity index (χ1v) is 10.4. The van der Waals surface area contributed by atoms with Crippen molar-refractivity contribution in [3.63, 3.8) is 0 Å². The normalized spacial score (nSPS) is 15.1. The van der Waals surface area contributed by atoms with Gasteiger partial charge in [-0.15, -0.1) is 0 Å². The van der Waals surface area contributed by atoms with Crippen LogP contribution in [0.4, 0.5) is 22.7 Å². The van der Waals surface area contributed by atoms with E-state index in [4.69, 9.17) is 11.6 Å². The highest BCUT2D eigenvalue weighted by molar-refractivity contribution is 6.33. The summed E-state index contributed by atoms with van der Waals surface area (Å²) in [5.41, 5.74) is 7.46. The topological polar surface area (TPSA) is 27.6 Å². The van der Waals surface area contributed by atoms with Gasteiger partial charge in [-0.25, -0.2) is 0 Å². The van der Waals surface area contributed by atoms with Crippen LogP contribution in [0.15, 0.2) is 77.8 Å². The third-order valence-electron chi connectivity index (χ3n) is 5.62. The predicted molar refractivity (Wildman–Crippen MR) is 131 cm³/mol. The molecule has 4 rings (SSSR count). The number of rotatable bonds is 4. The molecular formula is C26H26ClN3. The lowest BCUT2D eigenvalue weighted by Gasteiger charge is -2.40. The standard InChI is InChI=1S/C26H26ClN3/c1-18-16-26(2,3)30(4)25-15-24(27)19(14-23(18)25)17-28-20-10-12-22(13-11-20)29-21-8-6-5-7-9-21/h5-17,29H,1-4H3. The molecule has 3 aromatic rings. The highest BCUT2D eigenvalue weighted by atomic mass is 35.5. The third-order valence-corrected chi connectivity index (χ3v) is 5.95. The number of hydrogen-bond acceptors (Lipinski definition) is 3. The zero-order chi connectivity index (χ0) is 21.3. The molecule has 30 heavy (non-hydrogen) atoms. The largest absolute Gasteiger partial charge is 0.365 e. The third kappa shape index (κ3) is 4.12. The summed E-state index contributed by atoms with van der Waals surface area (Å²) < 4.78 is 0. The average molecular weight is 416 g/mol. The fraction of sp³-hybridized carbons (Fsp3) is 0.192. The number of likely N-dealkylation sites (N-methyl/N-ethyl adjacent to an activating group) is 1. The van der Waals surface area contributed by atoms with E-state index in [9.17, 15) is 0 Å². The van der Waals surface area contributed by atoms with E-state index < -0.39 is 0 Å². The Morgan fingerprint density at radius 2 is 1.63 bits per heavy atom. The summed E-state index contributed by atoms with van der Waals surface area (Å²) in [6, 6.07) is 22.3. The lowest BCUT2D eigenvalue weighted by molar-refractivity contribution is 0.598. The maximum absolute atomic E-state index is 6.60. The van der Waals surface area contributed by atoms with Crippen molar-refractivity contribution in [2.45, 2.75) is 26.3 Å². The van der Waals surface area contributed by atoms with E-state index in [1.165, 1.54) is 11.1 Å². The number of aliphatic imine (C=N–C) groups is 1. The molecule has 4 heteroatoms. The van der Waals surface area contributed by atoms with Crippen molar-refractivity contribution in [1.29, 1.82) is 0 Å². The number of nitrogens with zero attached hydrogens (tertiary/aromatic N) is 2. The average Bonchev–Trinajstić information content (AvgIpc) is 2.72. The predicted octanol–water partition coefficient (Wildman–Crippen LogP) is 7.47. The van der Waals surface area contributed by atoms with Crippen molar-refractivity contribution in [2.75, 3.05) is 17.3 Å². The van der Waals surface area contributed by atoms with Crippen LogP contribution in [0.1, 0.15) is 31.9 Å². The molecule has 0 amide bonds. The van der Waals surface area contributed by atoms with Crippen molar-refractivity contribution in [2.24, 2.45) is 4.99 Å². The fourth-order valence-corrected chi connectivity index (χ4v) is 3.96. The van der Waals surface area contributed by atoms with E-state index in [-0.39, 0.29) is 5.54 Å². The highest BCUT2D eigenvalue weighted by Gasteiger charge is 2.29. The Morgan fingerprint density at radius 3 is 2.33 bits per heavy atom. The Morgan fingerprint density at radius 1 is 0.967 bits per heavy atom. The van der Waals surface area contributed by atoms with Crippen molar-refractivity contribution < 1.29 is 0 Å². The highest BCUT2D eigenvalue weighted by Crippen LogP contribution is 2.40. The molecule has 0 aliphatic carbocycles. The second-order valence-corrected chi connectivity index (χ2v) is 8.63. The van der Waals surface area contributed by atoms with Gasteiger partial charge in [0.1, 0.15) is 0 Å².